The predicted octanol–water partition coefficient (Wildman–Crippen LogP) is 4.20. The molecule has 0 aliphatic carbocycles. The minimum atomic E-state index is -0.736. The van der Waals surface area contributed by atoms with Gasteiger partial charge in [0.05, 0.1) is 18.8 Å². The van der Waals surface area contributed by atoms with Gasteiger partial charge in [-0.2, -0.15) is 12.6 Å². The van der Waals surface area contributed by atoms with Crippen molar-refractivity contribution < 1.29 is 20.4 Å². The highest BCUT2D eigenvalue weighted by atomic mass is 32.1. The van der Waals surface area contributed by atoms with Crippen LogP contribution in [0.1, 0.15) is 84.0 Å². The fourth-order valence-corrected chi connectivity index (χ4v) is 2.99. The van der Waals surface area contributed by atoms with E-state index >= 15 is 0 Å². The Kier molecular flexibility index (Phi) is 16.2. The Hall–Kier alpha value is 0.190. The molecule has 134 valence electrons. The molecule has 22 heavy (non-hydrogen) atoms. The highest BCUT2D eigenvalue weighted by Crippen LogP contribution is 2.19. The van der Waals surface area contributed by atoms with Crippen LogP contribution in [0, 0.1) is 0 Å². The maximum Gasteiger partial charge on any atom is 0.0914 e. The summed E-state index contributed by atoms with van der Waals surface area (Å²) in [4.78, 5) is 4.02. The molecule has 0 aromatic carbocycles. The first kappa shape index (κ1) is 22.2. The van der Waals surface area contributed by atoms with E-state index in [9.17, 15) is 10.2 Å². The van der Waals surface area contributed by atoms with Gasteiger partial charge in [0, 0.05) is 5.25 Å². The maximum absolute atomic E-state index is 10.1. The van der Waals surface area contributed by atoms with Gasteiger partial charge in [-0.1, -0.05) is 64.7 Å². The van der Waals surface area contributed by atoms with Crippen molar-refractivity contribution in [1.82, 2.24) is 0 Å². The molecule has 0 fully saturated rings. The van der Waals surface area contributed by atoms with Crippen molar-refractivity contribution in [2.75, 3.05) is 6.61 Å². The molecule has 0 rings (SSSR count). The van der Waals surface area contributed by atoms with E-state index in [1.807, 2.05) is 0 Å². The Bertz CT molecular complexity index is 207. The van der Waals surface area contributed by atoms with Crippen molar-refractivity contribution in [3.63, 3.8) is 0 Å². The van der Waals surface area contributed by atoms with Gasteiger partial charge in [0.15, 0.2) is 0 Å². The van der Waals surface area contributed by atoms with E-state index in [-0.39, 0.29) is 5.25 Å². The first-order chi connectivity index (χ1) is 10.6. The third-order valence-corrected chi connectivity index (χ3v) is 4.69. The van der Waals surface area contributed by atoms with Gasteiger partial charge in [0.2, 0.25) is 0 Å². The minimum absolute atomic E-state index is 0.163. The number of aliphatic hydroxyl groups is 2. The van der Waals surface area contributed by atoms with Gasteiger partial charge in [-0.05, 0) is 19.3 Å². The van der Waals surface area contributed by atoms with Gasteiger partial charge < -0.3 is 10.2 Å². The van der Waals surface area contributed by atoms with Crippen LogP contribution in [-0.4, -0.2) is 39.5 Å². The van der Waals surface area contributed by atoms with Gasteiger partial charge in [0.1, 0.15) is 0 Å². The largest absolute Gasteiger partial charge is 0.390 e. The van der Waals surface area contributed by atoms with Gasteiger partial charge in [0.25, 0.3) is 0 Å². The fourth-order valence-electron chi connectivity index (χ4n) is 2.61. The molecule has 3 unspecified atom stereocenters. The lowest BCUT2D eigenvalue weighted by molar-refractivity contribution is -0.242. The van der Waals surface area contributed by atoms with Crippen molar-refractivity contribution in [1.29, 1.82) is 0 Å². The maximum atomic E-state index is 10.1. The number of hydrogen-bond acceptors (Lipinski definition) is 5. The second-order valence-corrected chi connectivity index (χ2v) is 6.88. The first-order valence-corrected chi connectivity index (χ1v) is 9.45. The van der Waals surface area contributed by atoms with E-state index < -0.39 is 12.2 Å². The molecule has 0 aromatic rings. The highest BCUT2D eigenvalue weighted by molar-refractivity contribution is 7.81. The molecule has 0 amide bonds. The summed E-state index contributed by atoms with van der Waals surface area (Å²) in [6, 6.07) is 0. The summed E-state index contributed by atoms with van der Waals surface area (Å²) < 4.78 is 0. The van der Waals surface area contributed by atoms with Crippen LogP contribution in [-0.2, 0) is 4.89 Å². The zero-order chi connectivity index (χ0) is 16.6. The Morgan fingerprint density at radius 2 is 1.36 bits per heavy atom. The van der Waals surface area contributed by atoms with Gasteiger partial charge in [-0.3, -0.25) is 5.26 Å². The van der Waals surface area contributed by atoms with Crippen LogP contribution in [0.25, 0.3) is 0 Å². The van der Waals surface area contributed by atoms with Crippen molar-refractivity contribution in [3.8, 4) is 0 Å². The molecule has 0 heterocycles. The lowest BCUT2D eigenvalue weighted by atomic mass is 9.99. The van der Waals surface area contributed by atoms with Crippen LogP contribution in [0.15, 0.2) is 0 Å². The average molecular weight is 337 g/mol. The number of unbranched alkanes of at least 4 members (excludes halogenated alkanes) is 8. The Morgan fingerprint density at radius 1 is 0.818 bits per heavy atom. The molecule has 5 heteroatoms. The standard InChI is InChI=1S/C17H36O4S/c1-2-3-4-5-6-9-12-15(18)17(19)16(22)13-10-7-8-11-14-21-20/h15-20,22H,2-14H2,1H3. The molecule has 4 nitrogen and oxygen atoms in total. The normalized spacial score (nSPS) is 15.7. The molecule has 0 spiro atoms. The smallest absolute Gasteiger partial charge is 0.0914 e. The number of aliphatic hydroxyl groups excluding tert-OH is 2. The number of hydrogen-bond donors (Lipinski definition) is 4. The first-order valence-electron chi connectivity index (χ1n) is 8.94. The Morgan fingerprint density at radius 3 is 2.00 bits per heavy atom. The molecule has 0 saturated carbocycles. The SMILES string of the molecule is CCCCCCCCC(O)C(O)C(S)CCCCCCOO. The molecule has 0 bridgehead atoms. The zero-order valence-corrected chi connectivity index (χ0v) is 15.0. The van der Waals surface area contributed by atoms with E-state index in [0.717, 1.165) is 44.9 Å². The molecule has 3 N–H and O–H groups in total. The van der Waals surface area contributed by atoms with Gasteiger partial charge >= 0.3 is 0 Å². The van der Waals surface area contributed by atoms with E-state index in [0.29, 0.717) is 13.0 Å². The van der Waals surface area contributed by atoms with Crippen molar-refractivity contribution in [2.45, 2.75) is 101 Å². The summed E-state index contributed by atoms with van der Waals surface area (Å²) in [6.45, 7) is 2.58. The summed E-state index contributed by atoms with van der Waals surface area (Å²) >= 11 is 4.42. The number of rotatable bonds is 16. The van der Waals surface area contributed by atoms with E-state index in [4.69, 9.17) is 5.26 Å². The molecule has 0 aliphatic rings. The van der Waals surface area contributed by atoms with E-state index in [1.54, 1.807) is 0 Å². The predicted molar refractivity (Wildman–Crippen MR) is 94.4 cm³/mol. The second-order valence-electron chi connectivity index (χ2n) is 6.22. The fraction of sp³-hybridized carbons (Fsp3) is 1.00. The van der Waals surface area contributed by atoms with Gasteiger partial charge in [-0.25, -0.2) is 4.89 Å². The lowest BCUT2D eigenvalue weighted by Gasteiger charge is -2.23. The quantitative estimate of drug-likeness (QED) is 0.148. The van der Waals surface area contributed by atoms with E-state index in [2.05, 4.69) is 24.4 Å². The minimum Gasteiger partial charge on any atom is -0.390 e. The van der Waals surface area contributed by atoms with Crippen LogP contribution in [0.3, 0.4) is 0 Å². The molecular formula is C17H36O4S. The molecule has 0 radical (unpaired) electrons. The van der Waals surface area contributed by atoms with Crippen LogP contribution < -0.4 is 0 Å². The zero-order valence-electron chi connectivity index (χ0n) is 14.1. The monoisotopic (exact) mass is 336 g/mol. The average Bonchev–Trinajstić information content (AvgIpc) is 2.52. The Balaban J connectivity index is 3.58. The summed E-state index contributed by atoms with van der Waals surface area (Å²) in [6.07, 6.45) is 11.0. The van der Waals surface area contributed by atoms with Crippen LogP contribution >= 0.6 is 12.6 Å². The summed E-state index contributed by atoms with van der Waals surface area (Å²) in [5.41, 5.74) is 0. The molecule has 0 aromatic heterocycles. The van der Waals surface area contributed by atoms with Gasteiger partial charge in [-0.15, -0.1) is 0 Å². The van der Waals surface area contributed by atoms with Crippen molar-refractivity contribution >= 4 is 12.6 Å². The van der Waals surface area contributed by atoms with Crippen LogP contribution in [0.2, 0.25) is 0 Å². The van der Waals surface area contributed by atoms with Crippen LogP contribution in [0.4, 0.5) is 0 Å². The third kappa shape index (κ3) is 12.7. The molecule has 0 saturated heterocycles. The topological polar surface area (TPSA) is 69.9 Å². The van der Waals surface area contributed by atoms with E-state index in [1.165, 1.54) is 25.7 Å². The van der Waals surface area contributed by atoms with Crippen molar-refractivity contribution in [2.24, 2.45) is 0 Å². The molecular weight excluding hydrogens is 300 g/mol. The molecule has 3 atom stereocenters. The summed E-state index contributed by atoms with van der Waals surface area (Å²) in [7, 11) is 0. The summed E-state index contributed by atoms with van der Waals surface area (Å²) in [5.74, 6) is 0. The number of thiol groups is 1. The van der Waals surface area contributed by atoms with Crippen molar-refractivity contribution in [3.05, 3.63) is 0 Å². The van der Waals surface area contributed by atoms with Crippen LogP contribution in [0.5, 0.6) is 0 Å². The highest BCUT2D eigenvalue weighted by Gasteiger charge is 2.22. The Labute approximate surface area is 141 Å². The molecule has 0 aliphatic heterocycles. The third-order valence-electron chi connectivity index (χ3n) is 4.13. The summed E-state index contributed by atoms with van der Waals surface area (Å²) in [5, 5.41) is 28.1. The lowest BCUT2D eigenvalue weighted by Crippen LogP contribution is -2.34. The second kappa shape index (κ2) is 16.1.